The van der Waals surface area contributed by atoms with E-state index in [-0.39, 0.29) is 23.5 Å². The van der Waals surface area contributed by atoms with Crippen LogP contribution in [0.5, 0.6) is 0 Å². The van der Waals surface area contributed by atoms with Crippen LogP contribution in [0.15, 0.2) is 18.3 Å². The van der Waals surface area contributed by atoms with E-state index in [4.69, 9.17) is 5.11 Å². The third-order valence-electron chi connectivity index (χ3n) is 3.06. The molecule has 0 unspecified atom stereocenters. The summed E-state index contributed by atoms with van der Waals surface area (Å²) in [6.45, 7) is 4.77. The molecule has 2 rings (SSSR count). The van der Waals surface area contributed by atoms with E-state index < -0.39 is 5.97 Å². The maximum Gasteiger partial charge on any atom is 0.356 e. The molecule has 6 heteroatoms. The Morgan fingerprint density at radius 1 is 1.50 bits per heavy atom. The Labute approximate surface area is 117 Å². The molecule has 6 nitrogen and oxygen atoms in total. The number of carboxylic acids is 1. The van der Waals surface area contributed by atoms with Crippen molar-refractivity contribution in [3.63, 3.8) is 0 Å². The minimum atomic E-state index is -1.15. The summed E-state index contributed by atoms with van der Waals surface area (Å²) >= 11 is 0. The second-order valence-corrected chi connectivity index (χ2v) is 5.41. The summed E-state index contributed by atoms with van der Waals surface area (Å²) in [5.74, 6) is -0.781. The fourth-order valence-corrected chi connectivity index (χ4v) is 2.04. The Morgan fingerprint density at radius 3 is 2.75 bits per heavy atom. The first-order valence-corrected chi connectivity index (χ1v) is 6.75. The molecule has 0 aromatic carbocycles. The average Bonchev–Trinajstić information content (AvgIpc) is 3.20. The van der Waals surface area contributed by atoms with E-state index in [1.807, 2.05) is 0 Å². The van der Waals surface area contributed by atoms with Crippen LogP contribution in [0.25, 0.3) is 0 Å². The Bertz CT molecular complexity index is 512. The maximum atomic E-state index is 12.3. The van der Waals surface area contributed by atoms with Gasteiger partial charge in [0.05, 0.1) is 5.69 Å². The third-order valence-corrected chi connectivity index (χ3v) is 3.06. The number of carbonyl (C=O) groups is 2. The first-order chi connectivity index (χ1) is 9.49. The van der Waals surface area contributed by atoms with Crippen molar-refractivity contribution in [3.05, 3.63) is 24.0 Å². The average molecular weight is 277 g/mol. The van der Waals surface area contributed by atoms with E-state index in [9.17, 15) is 9.59 Å². The first-order valence-electron chi connectivity index (χ1n) is 6.75. The van der Waals surface area contributed by atoms with E-state index in [1.54, 1.807) is 17.0 Å². The van der Waals surface area contributed by atoms with E-state index >= 15 is 0 Å². The second kappa shape index (κ2) is 5.90. The van der Waals surface area contributed by atoms with Crippen molar-refractivity contribution >= 4 is 17.7 Å². The molecule has 0 spiro atoms. The zero-order chi connectivity index (χ0) is 14.7. The lowest BCUT2D eigenvalue weighted by atomic mass is 10.2. The van der Waals surface area contributed by atoms with Crippen LogP contribution in [-0.4, -0.2) is 39.6 Å². The number of rotatable bonds is 5. The molecule has 2 amide bonds. The van der Waals surface area contributed by atoms with Gasteiger partial charge in [-0.25, -0.2) is 14.6 Å². The number of aromatic nitrogens is 1. The molecule has 1 aromatic rings. The van der Waals surface area contributed by atoms with E-state index in [2.05, 4.69) is 24.1 Å². The Hall–Kier alpha value is -2.11. The quantitative estimate of drug-likeness (QED) is 0.866. The molecule has 1 aliphatic carbocycles. The number of aromatic carboxylic acids is 1. The zero-order valence-corrected chi connectivity index (χ0v) is 11.7. The Morgan fingerprint density at radius 2 is 2.20 bits per heavy atom. The highest BCUT2D eigenvalue weighted by molar-refractivity contribution is 5.98. The molecule has 1 aliphatic rings. The molecule has 0 saturated heterocycles. The molecule has 1 heterocycles. The van der Waals surface area contributed by atoms with Gasteiger partial charge in [-0.05, 0) is 30.9 Å². The fraction of sp³-hybridized carbons (Fsp3) is 0.500. The minimum absolute atomic E-state index is 0.138. The smallest absolute Gasteiger partial charge is 0.356 e. The number of hydrogen-bond acceptors (Lipinski definition) is 3. The Kier molecular flexibility index (Phi) is 4.22. The van der Waals surface area contributed by atoms with Gasteiger partial charge in [-0.2, -0.15) is 0 Å². The van der Waals surface area contributed by atoms with Crippen molar-refractivity contribution in [2.75, 3.05) is 11.9 Å². The van der Waals surface area contributed by atoms with Crippen molar-refractivity contribution in [1.29, 1.82) is 0 Å². The van der Waals surface area contributed by atoms with Gasteiger partial charge in [0.25, 0.3) is 0 Å². The molecule has 0 aliphatic heterocycles. The molecule has 1 fully saturated rings. The van der Waals surface area contributed by atoms with Crippen LogP contribution in [-0.2, 0) is 0 Å². The highest BCUT2D eigenvalue weighted by Crippen LogP contribution is 2.28. The summed E-state index contributed by atoms with van der Waals surface area (Å²) in [4.78, 5) is 28.9. The number of nitrogens with one attached hydrogen (secondary N) is 1. The molecule has 2 N–H and O–H groups in total. The third kappa shape index (κ3) is 3.46. The normalized spacial score (nSPS) is 14.2. The van der Waals surface area contributed by atoms with Gasteiger partial charge < -0.3 is 15.3 Å². The molecule has 20 heavy (non-hydrogen) atoms. The van der Waals surface area contributed by atoms with Crippen LogP contribution in [0, 0.1) is 5.92 Å². The number of amides is 2. The van der Waals surface area contributed by atoms with Gasteiger partial charge in [0.15, 0.2) is 5.69 Å². The fourth-order valence-electron chi connectivity index (χ4n) is 2.04. The number of carbonyl (C=O) groups excluding carboxylic acids is 1. The number of pyridine rings is 1. The van der Waals surface area contributed by atoms with E-state index in [0.29, 0.717) is 12.5 Å². The highest BCUT2D eigenvalue weighted by atomic mass is 16.4. The summed E-state index contributed by atoms with van der Waals surface area (Å²) < 4.78 is 0. The minimum Gasteiger partial charge on any atom is -0.476 e. The first kappa shape index (κ1) is 14.3. The molecule has 0 radical (unpaired) electrons. The summed E-state index contributed by atoms with van der Waals surface area (Å²) in [7, 11) is 0. The van der Waals surface area contributed by atoms with Crippen molar-refractivity contribution in [1.82, 2.24) is 9.88 Å². The summed E-state index contributed by atoms with van der Waals surface area (Å²) in [6, 6.07) is 3.18. The lowest BCUT2D eigenvalue weighted by Gasteiger charge is -2.24. The largest absolute Gasteiger partial charge is 0.476 e. The van der Waals surface area contributed by atoms with Crippen molar-refractivity contribution in [2.24, 2.45) is 5.92 Å². The number of hydrogen-bond donors (Lipinski definition) is 2. The standard InChI is InChI=1S/C14H19N3O3/c1-9(2)8-17(10-5-6-10)14(20)16-11-4-3-7-15-12(11)13(18)19/h3-4,7,9-10H,5-6,8H2,1-2H3,(H,16,20)(H,18,19). The Balaban J connectivity index is 2.12. The van der Waals surface area contributed by atoms with Gasteiger partial charge in [-0.3, -0.25) is 0 Å². The molecule has 1 aromatic heterocycles. The van der Waals surface area contributed by atoms with Crippen LogP contribution < -0.4 is 5.32 Å². The highest BCUT2D eigenvalue weighted by Gasteiger charge is 2.33. The number of carboxylic acid groups (broad SMARTS) is 1. The molecule has 0 atom stereocenters. The summed E-state index contributed by atoms with van der Waals surface area (Å²) in [5.41, 5.74) is 0.0977. The lowest BCUT2D eigenvalue weighted by Crippen LogP contribution is -2.39. The summed E-state index contributed by atoms with van der Waals surface area (Å²) in [5, 5.41) is 11.7. The topological polar surface area (TPSA) is 82.5 Å². The number of anilines is 1. The van der Waals surface area contributed by atoms with Crippen LogP contribution in [0.2, 0.25) is 0 Å². The molecule has 0 bridgehead atoms. The van der Waals surface area contributed by atoms with Crippen molar-refractivity contribution in [3.8, 4) is 0 Å². The number of urea groups is 1. The second-order valence-electron chi connectivity index (χ2n) is 5.41. The van der Waals surface area contributed by atoms with Crippen LogP contribution in [0.3, 0.4) is 0 Å². The van der Waals surface area contributed by atoms with Gasteiger partial charge in [0.2, 0.25) is 0 Å². The van der Waals surface area contributed by atoms with Gasteiger partial charge in [-0.15, -0.1) is 0 Å². The molecular weight excluding hydrogens is 258 g/mol. The SMILES string of the molecule is CC(C)CN(C(=O)Nc1cccnc1C(=O)O)C1CC1. The zero-order valence-electron chi connectivity index (χ0n) is 11.7. The maximum absolute atomic E-state index is 12.3. The lowest BCUT2D eigenvalue weighted by molar-refractivity contribution is 0.0691. The molecule has 108 valence electrons. The van der Waals surface area contributed by atoms with Crippen LogP contribution >= 0.6 is 0 Å². The number of nitrogens with zero attached hydrogens (tertiary/aromatic N) is 2. The van der Waals surface area contributed by atoms with Gasteiger partial charge in [-0.1, -0.05) is 13.8 Å². The van der Waals surface area contributed by atoms with Crippen molar-refractivity contribution in [2.45, 2.75) is 32.7 Å². The summed E-state index contributed by atoms with van der Waals surface area (Å²) in [6.07, 6.45) is 3.42. The predicted octanol–water partition coefficient (Wildman–Crippen LogP) is 2.43. The predicted molar refractivity (Wildman–Crippen MR) is 74.8 cm³/mol. The van der Waals surface area contributed by atoms with Gasteiger partial charge in [0, 0.05) is 18.8 Å². The van der Waals surface area contributed by atoms with E-state index in [0.717, 1.165) is 12.8 Å². The monoisotopic (exact) mass is 277 g/mol. The van der Waals surface area contributed by atoms with E-state index in [1.165, 1.54) is 6.20 Å². The molecule has 1 saturated carbocycles. The molecular formula is C14H19N3O3. The van der Waals surface area contributed by atoms with Crippen LogP contribution in [0.4, 0.5) is 10.5 Å². The van der Waals surface area contributed by atoms with Crippen molar-refractivity contribution < 1.29 is 14.7 Å². The van der Waals surface area contributed by atoms with Gasteiger partial charge >= 0.3 is 12.0 Å². The van der Waals surface area contributed by atoms with Crippen LogP contribution in [0.1, 0.15) is 37.2 Å². The van der Waals surface area contributed by atoms with Gasteiger partial charge in [0.1, 0.15) is 0 Å².